The number of carbonyl (C=O) groups is 3. The van der Waals surface area contributed by atoms with Gasteiger partial charge in [0.15, 0.2) is 12.4 Å². The van der Waals surface area contributed by atoms with Crippen molar-refractivity contribution in [3.63, 3.8) is 0 Å². The molecule has 83 heavy (non-hydrogen) atoms. The van der Waals surface area contributed by atoms with E-state index in [1.165, 1.54) is 283 Å². The maximum absolute atomic E-state index is 12.9. The van der Waals surface area contributed by atoms with Gasteiger partial charge in [-0.3, -0.25) is 9.59 Å². The van der Waals surface area contributed by atoms with E-state index in [-0.39, 0.29) is 32.2 Å². The van der Waals surface area contributed by atoms with E-state index < -0.39 is 24.3 Å². The van der Waals surface area contributed by atoms with Crippen LogP contribution in [0, 0.1) is 0 Å². The second-order valence-corrected chi connectivity index (χ2v) is 25.9. The lowest BCUT2D eigenvalue weighted by molar-refractivity contribution is -0.870. The summed E-state index contributed by atoms with van der Waals surface area (Å²) in [6, 6.07) is 0. The highest BCUT2D eigenvalue weighted by Crippen LogP contribution is 2.19. The largest absolute Gasteiger partial charge is 0.545 e. The van der Waals surface area contributed by atoms with Gasteiger partial charge in [-0.1, -0.05) is 333 Å². The summed E-state index contributed by atoms with van der Waals surface area (Å²) in [5.41, 5.74) is 0. The number of carbonyl (C=O) groups excluding carboxylic acids is 3. The number of rotatable bonds is 68. The summed E-state index contributed by atoms with van der Waals surface area (Å²) in [6.45, 7) is 4.80. The van der Waals surface area contributed by atoms with Crippen LogP contribution in [0.25, 0.3) is 0 Å². The Bertz CT molecular complexity index is 1450. The lowest BCUT2D eigenvalue weighted by Gasteiger charge is -2.26. The van der Waals surface area contributed by atoms with Gasteiger partial charge in [0, 0.05) is 12.8 Å². The topological polar surface area (TPSA) is 111 Å². The average molecular weight is 1170 g/mol. The van der Waals surface area contributed by atoms with Crippen molar-refractivity contribution in [2.75, 3.05) is 47.5 Å². The van der Waals surface area contributed by atoms with Crippen molar-refractivity contribution in [3.05, 3.63) is 36.5 Å². The van der Waals surface area contributed by atoms with Crippen molar-refractivity contribution in [3.8, 4) is 0 Å². The molecule has 0 aliphatic carbocycles. The van der Waals surface area contributed by atoms with Gasteiger partial charge in [-0.2, -0.15) is 0 Å². The number of nitrogens with zero attached hydrogens (tertiary/aromatic N) is 1. The third-order valence-corrected chi connectivity index (χ3v) is 16.4. The van der Waals surface area contributed by atoms with Gasteiger partial charge >= 0.3 is 11.9 Å². The molecule has 0 aromatic rings. The molecule has 488 valence electrons. The minimum atomic E-state index is -1.62. The van der Waals surface area contributed by atoms with Crippen LogP contribution in [0.2, 0.25) is 0 Å². The predicted molar refractivity (Wildman–Crippen MR) is 353 cm³/mol. The van der Waals surface area contributed by atoms with Gasteiger partial charge in [-0.05, 0) is 51.4 Å². The maximum Gasteiger partial charge on any atom is 0.306 e. The van der Waals surface area contributed by atoms with Crippen LogP contribution in [0.3, 0.4) is 0 Å². The normalized spacial score (nSPS) is 12.8. The molecule has 0 aliphatic rings. The van der Waals surface area contributed by atoms with E-state index >= 15 is 0 Å². The highest BCUT2D eigenvalue weighted by molar-refractivity contribution is 5.70. The Labute approximate surface area is 515 Å². The fourth-order valence-electron chi connectivity index (χ4n) is 10.8. The van der Waals surface area contributed by atoms with Crippen LogP contribution in [0.1, 0.15) is 361 Å². The van der Waals surface area contributed by atoms with Crippen LogP contribution >= 0.6 is 0 Å². The van der Waals surface area contributed by atoms with Crippen molar-refractivity contribution in [2.45, 2.75) is 373 Å². The molecular formula is C74H139NO8. The van der Waals surface area contributed by atoms with Crippen LogP contribution in [-0.4, -0.2) is 82.3 Å². The maximum atomic E-state index is 12.9. The molecule has 0 rings (SSSR count). The Morgan fingerprint density at radius 3 is 0.964 bits per heavy atom. The number of carboxylic acids is 1. The van der Waals surface area contributed by atoms with Crippen LogP contribution in [-0.2, 0) is 33.3 Å². The van der Waals surface area contributed by atoms with Gasteiger partial charge in [-0.25, -0.2) is 0 Å². The summed E-state index contributed by atoms with van der Waals surface area (Å²) in [6.07, 6.45) is 79.6. The van der Waals surface area contributed by atoms with Gasteiger partial charge in [0.25, 0.3) is 0 Å². The molecule has 0 saturated carbocycles. The standard InChI is InChI=1S/C74H139NO8/c1-6-8-10-12-14-16-18-20-22-24-26-27-28-29-30-31-32-33-34-35-36-37-38-39-40-41-42-43-44-45-47-49-51-53-55-57-59-61-63-65-72(77)83-70(69-82-74(73(78)79)80-67-66-75(3,4)5)68-81-71(76)64-62-60-58-56-54-52-50-48-46-25-23-21-19-17-15-13-11-9-7-2/h18,20,24,26,28-29,70,74H,6-17,19,21-23,25,27,30-69H2,1-5H3/b20-18-,26-24-,29-28-. The number of hydrogen-bond acceptors (Lipinski definition) is 8. The Hall–Kier alpha value is -2.49. The first kappa shape index (κ1) is 80.5. The lowest BCUT2D eigenvalue weighted by atomic mass is 10.0. The van der Waals surface area contributed by atoms with E-state index in [0.29, 0.717) is 17.4 Å². The van der Waals surface area contributed by atoms with Crippen molar-refractivity contribution in [1.29, 1.82) is 0 Å². The molecule has 0 aromatic carbocycles. The summed E-state index contributed by atoms with van der Waals surface area (Å²) in [4.78, 5) is 37.4. The van der Waals surface area contributed by atoms with E-state index in [0.717, 1.165) is 51.4 Å². The summed E-state index contributed by atoms with van der Waals surface area (Å²) in [5.74, 6) is -2.25. The number of quaternary nitrogens is 1. The Balaban J connectivity index is 3.96. The van der Waals surface area contributed by atoms with Crippen molar-refractivity contribution in [1.82, 2.24) is 0 Å². The first-order valence-electron chi connectivity index (χ1n) is 36.1. The van der Waals surface area contributed by atoms with Crippen LogP contribution < -0.4 is 5.11 Å². The molecule has 0 saturated heterocycles. The van der Waals surface area contributed by atoms with E-state index in [4.69, 9.17) is 18.9 Å². The molecule has 2 atom stereocenters. The molecule has 0 heterocycles. The van der Waals surface area contributed by atoms with Crippen molar-refractivity contribution in [2.24, 2.45) is 0 Å². The Morgan fingerprint density at radius 1 is 0.361 bits per heavy atom. The number of carboxylic acid groups (broad SMARTS) is 1. The zero-order valence-electron chi connectivity index (χ0n) is 55.8. The Kier molecular flexibility index (Phi) is 63.5. The van der Waals surface area contributed by atoms with Gasteiger partial charge in [0.1, 0.15) is 13.2 Å². The van der Waals surface area contributed by atoms with E-state index in [2.05, 4.69) is 50.3 Å². The highest BCUT2D eigenvalue weighted by Gasteiger charge is 2.22. The second-order valence-electron chi connectivity index (χ2n) is 25.9. The average Bonchev–Trinajstić information content (AvgIpc) is 3.46. The number of aliphatic carboxylic acids is 1. The van der Waals surface area contributed by atoms with Crippen LogP contribution in [0.15, 0.2) is 36.5 Å². The molecule has 9 nitrogen and oxygen atoms in total. The first-order valence-corrected chi connectivity index (χ1v) is 36.1. The smallest absolute Gasteiger partial charge is 0.306 e. The quantitative estimate of drug-likeness (QED) is 0.0195. The second kappa shape index (κ2) is 65.5. The fourth-order valence-corrected chi connectivity index (χ4v) is 10.8. The molecule has 0 aliphatic heterocycles. The number of unbranched alkanes of at least 4 members (excludes halogenated alkanes) is 47. The minimum absolute atomic E-state index is 0.152. The number of esters is 2. The molecule has 0 aromatic heterocycles. The zero-order chi connectivity index (χ0) is 60.5. The van der Waals surface area contributed by atoms with Gasteiger partial charge in [-0.15, -0.1) is 0 Å². The third-order valence-electron chi connectivity index (χ3n) is 16.4. The van der Waals surface area contributed by atoms with Gasteiger partial charge in [0.05, 0.1) is 40.3 Å². The predicted octanol–water partition coefficient (Wildman–Crippen LogP) is 21.0. The molecule has 2 unspecified atom stereocenters. The lowest BCUT2D eigenvalue weighted by Crippen LogP contribution is -2.44. The van der Waals surface area contributed by atoms with E-state index in [1.54, 1.807) is 0 Å². The SMILES string of the molecule is CCCCCCC/C=C\C/C=C\C/C=C\CCCCCCCCCCCCCCCCCCCCCCCCCCC(=O)OC(COC(=O)CCCCCCCCCCCCCCCCCCCCC)COC(OCC[N+](C)(C)C)C(=O)[O-]. The molecule has 0 N–H and O–H groups in total. The van der Waals surface area contributed by atoms with Crippen molar-refractivity contribution < 1.29 is 42.9 Å². The number of hydrogen-bond donors (Lipinski definition) is 0. The Morgan fingerprint density at radius 2 is 0.651 bits per heavy atom. The summed E-state index contributed by atoms with van der Waals surface area (Å²) in [5, 5.41) is 11.8. The molecular weight excluding hydrogens is 1030 g/mol. The molecule has 0 fully saturated rings. The van der Waals surface area contributed by atoms with Crippen LogP contribution in [0.5, 0.6) is 0 Å². The molecule has 0 spiro atoms. The molecule has 0 amide bonds. The van der Waals surface area contributed by atoms with E-state index in [1.807, 2.05) is 21.1 Å². The van der Waals surface area contributed by atoms with Crippen LogP contribution in [0.4, 0.5) is 0 Å². The first-order chi connectivity index (χ1) is 40.6. The van der Waals surface area contributed by atoms with Crippen molar-refractivity contribution >= 4 is 17.9 Å². The third kappa shape index (κ3) is 66.9. The summed E-state index contributed by atoms with van der Waals surface area (Å²) in [7, 11) is 5.94. The summed E-state index contributed by atoms with van der Waals surface area (Å²) >= 11 is 0. The van der Waals surface area contributed by atoms with E-state index in [9.17, 15) is 19.5 Å². The zero-order valence-corrected chi connectivity index (χ0v) is 55.8. The number of allylic oxidation sites excluding steroid dienone is 6. The molecule has 0 radical (unpaired) electrons. The number of likely N-dealkylation sites (N-methyl/N-ethyl adjacent to an activating group) is 1. The molecule has 0 bridgehead atoms. The highest BCUT2D eigenvalue weighted by atomic mass is 16.7. The van der Waals surface area contributed by atoms with Gasteiger partial charge < -0.3 is 33.3 Å². The fraction of sp³-hybridized carbons (Fsp3) is 0.878. The molecule has 9 heteroatoms. The minimum Gasteiger partial charge on any atom is -0.545 e. The number of ether oxygens (including phenoxy) is 4. The van der Waals surface area contributed by atoms with Gasteiger partial charge in [0.2, 0.25) is 0 Å². The summed E-state index contributed by atoms with van der Waals surface area (Å²) < 4.78 is 22.8. The monoisotopic (exact) mass is 1170 g/mol.